The number of carbonyl (C=O) groups is 2. The van der Waals surface area contributed by atoms with Crippen LogP contribution in [-0.4, -0.2) is 22.0 Å². The predicted molar refractivity (Wildman–Crippen MR) is 98.2 cm³/mol. The summed E-state index contributed by atoms with van der Waals surface area (Å²) in [6, 6.07) is 11.0. The van der Waals surface area contributed by atoms with Crippen LogP contribution in [0.15, 0.2) is 42.5 Å². The maximum Gasteiger partial charge on any atom is 0.306 e. The Hall–Kier alpha value is -2.86. The first-order valence-corrected chi connectivity index (χ1v) is 8.33. The van der Waals surface area contributed by atoms with E-state index in [2.05, 4.69) is 10.3 Å². The summed E-state index contributed by atoms with van der Waals surface area (Å²) in [5.41, 5.74) is 2.12. The van der Waals surface area contributed by atoms with E-state index in [1.807, 2.05) is 0 Å². The van der Waals surface area contributed by atoms with Crippen LogP contribution in [0.4, 0.5) is 10.1 Å². The minimum atomic E-state index is -0.854. The van der Waals surface area contributed by atoms with Gasteiger partial charge in [-0.3, -0.25) is 9.59 Å². The molecule has 0 spiro atoms. The zero-order chi connectivity index (χ0) is 18.8. The first-order valence-electron chi connectivity index (χ1n) is 7.95. The number of carbonyl (C=O) groups excluding carboxylic acids is 1. The van der Waals surface area contributed by atoms with Crippen molar-refractivity contribution in [3.05, 3.63) is 64.6 Å². The van der Waals surface area contributed by atoms with Gasteiger partial charge in [-0.05, 0) is 42.3 Å². The lowest BCUT2D eigenvalue weighted by Gasteiger charge is -2.08. The number of hydrogen-bond donors (Lipinski definition) is 3. The van der Waals surface area contributed by atoms with Gasteiger partial charge in [0.1, 0.15) is 11.5 Å². The number of carboxylic acid groups (broad SMARTS) is 1. The molecule has 0 aliphatic heterocycles. The lowest BCUT2D eigenvalue weighted by atomic mass is 10.0. The SMILES string of the molecule is CC(Cc1ccc(NC(=O)c2[nH]c3ccc(F)cc3c2Cl)cc1)C(=O)O. The number of nitrogens with one attached hydrogen (secondary N) is 2. The number of carboxylic acids is 1. The Morgan fingerprint density at radius 1 is 1.23 bits per heavy atom. The Morgan fingerprint density at radius 3 is 2.58 bits per heavy atom. The molecule has 7 heteroatoms. The van der Waals surface area contributed by atoms with E-state index in [1.165, 1.54) is 18.2 Å². The Bertz CT molecular complexity index is 982. The third-order valence-corrected chi connectivity index (χ3v) is 4.49. The van der Waals surface area contributed by atoms with Crippen molar-refractivity contribution in [2.24, 2.45) is 5.92 Å². The van der Waals surface area contributed by atoms with Crippen LogP contribution in [0.5, 0.6) is 0 Å². The number of amides is 1. The molecule has 3 rings (SSSR count). The van der Waals surface area contributed by atoms with Gasteiger partial charge < -0.3 is 15.4 Å². The maximum absolute atomic E-state index is 13.3. The molecule has 3 aromatic rings. The quantitative estimate of drug-likeness (QED) is 0.616. The van der Waals surface area contributed by atoms with Crippen molar-refractivity contribution in [1.29, 1.82) is 0 Å². The fourth-order valence-corrected chi connectivity index (χ4v) is 2.94. The fraction of sp³-hybridized carbons (Fsp3) is 0.158. The zero-order valence-electron chi connectivity index (χ0n) is 13.8. The van der Waals surface area contributed by atoms with Gasteiger partial charge in [0.2, 0.25) is 0 Å². The van der Waals surface area contributed by atoms with E-state index >= 15 is 0 Å². The van der Waals surface area contributed by atoms with Crippen LogP contribution in [0.25, 0.3) is 10.9 Å². The normalized spacial score (nSPS) is 12.1. The number of H-pyrrole nitrogens is 1. The lowest BCUT2D eigenvalue weighted by Crippen LogP contribution is -2.13. The van der Waals surface area contributed by atoms with Crippen LogP contribution in [0.3, 0.4) is 0 Å². The van der Waals surface area contributed by atoms with E-state index in [4.69, 9.17) is 16.7 Å². The Balaban J connectivity index is 1.76. The van der Waals surface area contributed by atoms with Crippen molar-refractivity contribution < 1.29 is 19.1 Å². The highest BCUT2D eigenvalue weighted by Gasteiger charge is 2.17. The highest BCUT2D eigenvalue weighted by Crippen LogP contribution is 2.28. The van der Waals surface area contributed by atoms with Gasteiger partial charge in [-0.2, -0.15) is 0 Å². The van der Waals surface area contributed by atoms with Crippen LogP contribution in [0.2, 0.25) is 5.02 Å². The second-order valence-corrected chi connectivity index (χ2v) is 6.48. The number of aliphatic carboxylic acids is 1. The largest absolute Gasteiger partial charge is 0.481 e. The Kier molecular flexibility index (Phi) is 4.95. The average molecular weight is 375 g/mol. The first-order chi connectivity index (χ1) is 12.3. The van der Waals surface area contributed by atoms with E-state index in [9.17, 15) is 14.0 Å². The third kappa shape index (κ3) is 3.70. The summed E-state index contributed by atoms with van der Waals surface area (Å²) in [6.45, 7) is 1.64. The molecule has 1 heterocycles. The number of aromatic amines is 1. The summed E-state index contributed by atoms with van der Waals surface area (Å²) < 4.78 is 13.3. The smallest absolute Gasteiger partial charge is 0.306 e. The van der Waals surface area contributed by atoms with Crippen LogP contribution in [-0.2, 0) is 11.2 Å². The summed E-state index contributed by atoms with van der Waals surface area (Å²) in [5.74, 6) is -2.22. The van der Waals surface area contributed by atoms with Gasteiger partial charge in [-0.1, -0.05) is 30.7 Å². The van der Waals surface area contributed by atoms with E-state index < -0.39 is 23.6 Å². The molecule has 5 nitrogen and oxygen atoms in total. The molecule has 0 fully saturated rings. The minimum absolute atomic E-state index is 0.149. The Morgan fingerprint density at radius 2 is 1.92 bits per heavy atom. The summed E-state index contributed by atoms with van der Waals surface area (Å²) in [6.07, 6.45) is 0.406. The molecule has 1 unspecified atom stereocenters. The van der Waals surface area contributed by atoms with Gasteiger partial charge in [0, 0.05) is 16.6 Å². The molecule has 26 heavy (non-hydrogen) atoms. The molecule has 0 saturated carbocycles. The summed E-state index contributed by atoms with van der Waals surface area (Å²) in [4.78, 5) is 26.2. The van der Waals surface area contributed by atoms with Gasteiger partial charge in [0.25, 0.3) is 5.91 Å². The highest BCUT2D eigenvalue weighted by atomic mass is 35.5. The molecule has 3 N–H and O–H groups in total. The molecule has 1 atom stereocenters. The number of fused-ring (bicyclic) bond motifs is 1. The summed E-state index contributed by atoms with van der Waals surface area (Å²) in [7, 11) is 0. The third-order valence-electron chi connectivity index (χ3n) is 4.10. The van der Waals surface area contributed by atoms with E-state index in [1.54, 1.807) is 31.2 Å². The second kappa shape index (κ2) is 7.17. The van der Waals surface area contributed by atoms with Crippen molar-refractivity contribution in [3.8, 4) is 0 Å². The summed E-state index contributed by atoms with van der Waals surface area (Å²) >= 11 is 6.19. The zero-order valence-corrected chi connectivity index (χ0v) is 14.6. The monoisotopic (exact) mass is 374 g/mol. The van der Waals surface area contributed by atoms with E-state index in [0.717, 1.165) is 5.56 Å². The molecule has 0 saturated heterocycles. The van der Waals surface area contributed by atoms with Crippen LogP contribution in [0.1, 0.15) is 23.0 Å². The van der Waals surface area contributed by atoms with Gasteiger partial charge in [0.05, 0.1) is 10.9 Å². The molecule has 0 bridgehead atoms. The second-order valence-electron chi connectivity index (χ2n) is 6.10. The number of rotatable bonds is 5. The van der Waals surface area contributed by atoms with E-state index in [-0.39, 0.29) is 10.7 Å². The number of aromatic nitrogens is 1. The van der Waals surface area contributed by atoms with Crippen molar-refractivity contribution >= 4 is 40.1 Å². The highest BCUT2D eigenvalue weighted by molar-refractivity contribution is 6.39. The Labute approximate surface area is 153 Å². The number of halogens is 2. The molecule has 0 aliphatic rings. The molecule has 1 aromatic heterocycles. The van der Waals surface area contributed by atoms with Crippen molar-refractivity contribution in [2.45, 2.75) is 13.3 Å². The molecule has 0 aliphatic carbocycles. The molecule has 0 radical (unpaired) electrons. The van der Waals surface area contributed by atoms with Gasteiger partial charge in [0.15, 0.2) is 0 Å². The minimum Gasteiger partial charge on any atom is -0.481 e. The molecule has 1 amide bonds. The van der Waals surface area contributed by atoms with Crippen molar-refractivity contribution in [1.82, 2.24) is 4.98 Å². The molecule has 2 aromatic carbocycles. The number of benzene rings is 2. The van der Waals surface area contributed by atoms with E-state index in [0.29, 0.717) is 23.0 Å². The van der Waals surface area contributed by atoms with Crippen molar-refractivity contribution in [3.63, 3.8) is 0 Å². The predicted octanol–water partition coefficient (Wildman–Crippen LogP) is 4.48. The molecule has 134 valence electrons. The van der Waals surface area contributed by atoms with Gasteiger partial charge in [-0.25, -0.2) is 4.39 Å². The van der Waals surface area contributed by atoms with Gasteiger partial charge in [-0.15, -0.1) is 0 Å². The maximum atomic E-state index is 13.3. The topological polar surface area (TPSA) is 82.2 Å². The van der Waals surface area contributed by atoms with Crippen LogP contribution >= 0.6 is 11.6 Å². The van der Waals surface area contributed by atoms with Crippen LogP contribution < -0.4 is 5.32 Å². The van der Waals surface area contributed by atoms with Crippen molar-refractivity contribution in [2.75, 3.05) is 5.32 Å². The fourth-order valence-electron chi connectivity index (χ4n) is 2.65. The lowest BCUT2D eigenvalue weighted by molar-refractivity contribution is -0.141. The number of hydrogen-bond acceptors (Lipinski definition) is 2. The standard InChI is InChI=1S/C19H16ClFN2O3/c1-10(19(25)26)8-11-2-5-13(6-3-11)22-18(24)17-16(20)14-9-12(21)4-7-15(14)23-17/h2-7,9-10,23H,8H2,1H3,(H,22,24)(H,25,26). The average Bonchev–Trinajstić information content (AvgIpc) is 2.93. The summed E-state index contributed by atoms with van der Waals surface area (Å²) in [5, 5.41) is 12.3. The first kappa shape index (κ1) is 17.9. The molecular weight excluding hydrogens is 359 g/mol. The molecular formula is C19H16ClFN2O3. The van der Waals surface area contributed by atoms with Crippen LogP contribution in [0, 0.1) is 11.7 Å². The van der Waals surface area contributed by atoms with Gasteiger partial charge >= 0.3 is 5.97 Å². The number of anilines is 1.